The van der Waals surface area contributed by atoms with Gasteiger partial charge in [0.15, 0.2) is 0 Å². The molecule has 2 fully saturated rings. The van der Waals surface area contributed by atoms with Crippen molar-refractivity contribution in [3.8, 4) is 5.75 Å². The second-order valence-corrected chi connectivity index (χ2v) is 6.65. The van der Waals surface area contributed by atoms with E-state index in [0.29, 0.717) is 5.92 Å². The van der Waals surface area contributed by atoms with E-state index in [1.807, 2.05) is 0 Å². The molecule has 4 heteroatoms. The third-order valence-corrected chi connectivity index (χ3v) is 5.16. The van der Waals surface area contributed by atoms with Gasteiger partial charge in [-0.25, -0.2) is 0 Å². The summed E-state index contributed by atoms with van der Waals surface area (Å²) in [6, 6.07) is 13.2. The SMILES string of the molecule is Cl.c1ccc2c(C3CCNCC3)ccc(OC3CCOCC3)c2c1. The van der Waals surface area contributed by atoms with Gasteiger partial charge < -0.3 is 14.8 Å². The van der Waals surface area contributed by atoms with Gasteiger partial charge in [-0.2, -0.15) is 0 Å². The van der Waals surface area contributed by atoms with E-state index in [9.17, 15) is 0 Å². The molecular weight excluding hydrogens is 322 g/mol. The Balaban J connectivity index is 0.00000169. The number of hydrogen-bond donors (Lipinski definition) is 1. The molecule has 2 aliphatic rings. The van der Waals surface area contributed by atoms with Gasteiger partial charge in [0.1, 0.15) is 11.9 Å². The number of benzene rings is 2. The molecule has 130 valence electrons. The number of rotatable bonds is 3. The minimum Gasteiger partial charge on any atom is -0.490 e. The van der Waals surface area contributed by atoms with Crippen molar-refractivity contribution < 1.29 is 9.47 Å². The van der Waals surface area contributed by atoms with Crippen molar-refractivity contribution in [2.24, 2.45) is 0 Å². The van der Waals surface area contributed by atoms with Crippen LogP contribution in [-0.4, -0.2) is 32.4 Å². The number of fused-ring (bicyclic) bond motifs is 1. The van der Waals surface area contributed by atoms with E-state index < -0.39 is 0 Å². The summed E-state index contributed by atoms with van der Waals surface area (Å²) in [6.45, 7) is 3.88. The van der Waals surface area contributed by atoms with E-state index in [1.54, 1.807) is 0 Å². The van der Waals surface area contributed by atoms with E-state index in [-0.39, 0.29) is 18.5 Å². The van der Waals surface area contributed by atoms with E-state index in [4.69, 9.17) is 9.47 Å². The lowest BCUT2D eigenvalue weighted by Gasteiger charge is -2.27. The molecule has 4 rings (SSSR count). The van der Waals surface area contributed by atoms with Crippen LogP contribution in [0.2, 0.25) is 0 Å². The van der Waals surface area contributed by atoms with Gasteiger partial charge in [0.2, 0.25) is 0 Å². The molecule has 3 nitrogen and oxygen atoms in total. The highest BCUT2D eigenvalue weighted by atomic mass is 35.5. The fourth-order valence-electron chi connectivity index (χ4n) is 3.86. The topological polar surface area (TPSA) is 30.5 Å². The first-order chi connectivity index (χ1) is 11.4. The maximum absolute atomic E-state index is 6.32. The number of halogens is 1. The highest BCUT2D eigenvalue weighted by Crippen LogP contribution is 2.36. The summed E-state index contributed by atoms with van der Waals surface area (Å²) in [4.78, 5) is 0. The summed E-state index contributed by atoms with van der Waals surface area (Å²) in [7, 11) is 0. The summed E-state index contributed by atoms with van der Waals surface area (Å²) in [5, 5.41) is 6.09. The molecule has 0 radical (unpaired) electrons. The maximum atomic E-state index is 6.32. The van der Waals surface area contributed by atoms with E-state index in [2.05, 4.69) is 41.7 Å². The van der Waals surface area contributed by atoms with Crippen molar-refractivity contribution in [2.45, 2.75) is 37.7 Å². The van der Waals surface area contributed by atoms with Crippen LogP contribution in [0, 0.1) is 0 Å². The molecule has 0 bridgehead atoms. The average Bonchev–Trinajstić information content (AvgIpc) is 2.64. The largest absolute Gasteiger partial charge is 0.490 e. The monoisotopic (exact) mass is 347 g/mol. The molecule has 0 unspecified atom stereocenters. The zero-order chi connectivity index (χ0) is 15.5. The number of piperidine rings is 1. The van der Waals surface area contributed by atoms with Crippen LogP contribution in [0.15, 0.2) is 36.4 Å². The molecule has 0 atom stereocenters. The van der Waals surface area contributed by atoms with Crippen LogP contribution in [0.25, 0.3) is 10.8 Å². The Bertz CT molecular complexity index is 664. The van der Waals surface area contributed by atoms with Crippen molar-refractivity contribution in [1.29, 1.82) is 0 Å². The van der Waals surface area contributed by atoms with Crippen LogP contribution < -0.4 is 10.1 Å². The molecule has 0 saturated carbocycles. The van der Waals surface area contributed by atoms with Crippen LogP contribution in [0.5, 0.6) is 5.75 Å². The molecule has 2 aromatic carbocycles. The Morgan fingerprint density at radius 2 is 1.58 bits per heavy atom. The summed E-state index contributed by atoms with van der Waals surface area (Å²) in [5.41, 5.74) is 1.49. The molecule has 2 aromatic rings. The van der Waals surface area contributed by atoms with Crippen LogP contribution in [0.1, 0.15) is 37.2 Å². The molecule has 0 aromatic heterocycles. The zero-order valence-corrected chi connectivity index (χ0v) is 14.8. The predicted molar refractivity (Wildman–Crippen MR) is 101 cm³/mol. The van der Waals surface area contributed by atoms with E-state index in [0.717, 1.165) is 44.9 Å². The molecule has 2 aliphatic heterocycles. The lowest BCUT2D eigenvalue weighted by molar-refractivity contribution is 0.0262. The van der Waals surface area contributed by atoms with Gasteiger partial charge in [-0.15, -0.1) is 12.4 Å². The molecular formula is C20H26ClNO2. The molecule has 24 heavy (non-hydrogen) atoms. The number of ether oxygens (including phenoxy) is 2. The Hall–Kier alpha value is -1.29. The highest BCUT2D eigenvalue weighted by molar-refractivity contribution is 5.91. The van der Waals surface area contributed by atoms with Crippen molar-refractivity contribution in [1.82, 2.24) is 5.32 Å². The summed E-state index contributed by atoms with van der Waals surface area (Å²) in [5.74, 6) is 1.70. The Morgan fingerprint density at radius 3 is 2.33 bits per heavy atom. The number of hydrogen-bond acceptors (Lipinski definition) is 3. The van der Waals surface area contributed by atoms with Crippen LogP contribution in [-0.2, 0) is 4.74 Å². The van der Waals surface area contributed by atoms with E-state index in [1.165, 1.54) is 29.2 Å². The van der Waals surface area contributed by atoms with Crippen LogP contribution in [0.4, 0.5) is 0 Å². The predicted octanol–water partition coefficient (Wildman–Crippen LogP) is 4.29. The minimum atomic E-state index is 0. The first kappa shape index (κ1) is 17.5. The summed E-state index contributed by atoms with van der Waals surface area (Å²) >= 11 is 0. The van der Waals surface area contributed by atoms with Crippen molar-refractivity contribution in [2.75, 3.05) is 26.3 Å². The average molecular weight is 348 g/mol. The van der Waals surface area contributed by atoms with Gasteiger partial charge in [0.05, 0.1) is 13.2 Å². The van der Waals surface area contributed by atoms with Gasteiger partial charge in [0, 0.05) is 18.2 Å². The molecule has 0 amide bonds. The zero-order valence-electron chi connectivity index (χ0n) is 14.0. The molecule has 0 spiro atoms. The van der Waals surface area contributed by atoms with E-state index >= 15 is 0 Å². The Morgan fingerprint density at radius 1 is 0.875 bits per heavy atom. The van der Waals surface area contributed by atoms with Crippen molar-refractivity contribution >= 4 is 23.2 Å². The Kier molecular flexibility index (Phi) is 5.99. The van der Waals surface area contributed by atoms with Gasteiger partial charge in [0.25, 0.3) is 0 Å². The minimum absolute atomic E-state index is 0. The highest BCUT2D eigenvalue weighted by Gasteiger charge is 2.20. The van der Waals surface area contributed by atoms with Crippen molar-refractivity contribution in [3.63, 3.8) is 0 Å². The van der Waals surface area contributed by atoms with Gasteiger partial charge in [-0.3, -0.25) is 0 Å². The fraction of sp³-hybridized carbons (Fsp3) is 0.500. The standard InChI is InChI=1S/C20H25NO2.ClH/c1-2-4-19-18(3-1)17(15-7-11-21-12-8-15)5-6-20(19)23-16-9-13-22-14-10-16;/h1-6,15-16,21H,7-14H2;1H. The first-order valence-corrected chi connectivity index (χ1v) is 8.88. The van der Waals surface area contributed by atoms with Crippen molar-refractivity contribution in [3.05, 3.63) is 42.0 Å². The smallest absolute Gasteiger partial charge is 0.127 e. The normalized spacial score (nSPS) is 19.8. The molecule has 1 N–H and O–H groups in total. The number of nitrogens with one attached hydrogen (secondary N) is 1. The van der Waals surface area contributed by atoms with Gasteiger partial charge in [-0.05, 0) is 48.9 Å². The second kappa shape index (κ2) is 8.19. The van der Waals surface area contributed by atoms with Gasteiger partial charge in [-0.1, -0.05) is 30.3 Å². The van der Waals surface area contributed by atoms with Crippen LogP contribution in [0.3, 0.4) is 0 Å². The molecule has 2 saturated heterocycles. The fourth-order valence-corrected chi connectivity index (χ4v) is 3.86. The summed E-state index contributed by atoms with van der Waals surface area (Å²) < 4.78 is 11.8. The third-order valence-electron chi connectivity index (χ3n) is 5.16. The first-order valence-electron chi connectivity index (χ1n) is 8.88. The lowest BCUT2D eigenvalue weighted by atomic mass is 9.87. The second-order valence-electron chi connectivity index (χ2n) is 6.65. The third kappa shape index (κ3) is 3.69. The lowest BCUT2D eigenvalue weighted by Crippen LogP contribution is -2.27. The summed E-state index contributed by atoms with van der Waals surface area (Å²) in [6.07, 6.45) is 4.72. The molecule has 0 aliphatic carbocycles. The quantitative estimate of drug-likeness (QED) is 0.898. The Labute approximate surface area is 150 Å². The van der Waals surface area contributed by atoms with Crippen LogP contribution >= 0.6 is 12.4 Å². The maximum Gasteiger partial charge on any atom is 0.127 e. The molecule has 2 heterocycles. The van der Waals surface area contributed by atoms with Gasteiger partial charge >= 0.3 is 0 Å².